The summed E-state index contributed by atoms with van der Waals surface area (Å²) in [6.07, 6.45) is 5.00. The monoisotopic (exact) mass is 388 g/mol. The molecule has 0 unspecified atom stereocenters. The van der Waals surface area contributed by atoms with Crippen LogP contribution in [0.3, 0.4) is 0 Å². The largest absolute Gasteiger partial charge is 0.493 e. The smallest absolute Gasteiger partial charge is 0.225 e. The standard InChI is InChI=1S/C22H32N2O4/c1-4-10-23-21(25)15-5-7-16(8-6-15)22(26)24-11-9-17-12-19(27-2)20(28-3)13-18(17)14-24/h12-13,15-16H,4-11,14H2,1-3H3,(H,23,25). The lowest BCUT2D eigenvalue weighted by Gasteiger charge is -2.34. The normalized spacial score (nSPS) is 21.6. The van der Waals surface area contributed by atoms with E-state index in [0.717, 1.165) is 62.9 Å². The minimum Gasteiger partial charge on any atom is -0.493 e. The fourth-order valence-corrected chi connectivity index (χ4v) is 4.32. The molecule has 1 heterocycles. The average Bonchev–Trinajstić information content (AvgIpc) is 2.75. The number of carbonyl (C=O) groups is 2. The Balaban J connectivity index is 1.59. The van der Waals surface area contributed by atoms with Crippen molar-refractivity contribution in [1.82, 2.24) is 10.2 Å². The molecule has 0 radical (unpaired) electrons. The number of benzene rings is 1. The molecule has 1 aromatic carbocycles. The van der Waals surface area contributed by atoms with Crippen molar-refractivity contribution in [2.45, 2.75) is 52.0 Å². The lowest BCUT2D eigenvalue weighted by Crippen LogP contribution is -2.42. The van der Waals surface area contributed by atoms with Crippen molar-refractivity contribution < 1.29 is 19.1 Å². The molecular weight excluding hydrogens is 356 g/mol. The first-order valence-electron chi connectivity index (χ1n) is 10.4. The van der Waals surface area contributed by atoms with E-state index >= 15 is 0 Å². The molecule has 28 heavy (non-hydrogen) atoms. The Kier molecular flexibility index (Phi) is 6.81. The van der Waals surface area contributed by atoms with E-state index in [0.29, 0.717) is 12.3 Å². The summed E-state index contributed by atoms with van der Waals surface area (Å²) in [6, 6.07) is 4.01. The molecule has 0 saturated heterocycles. The van der Waals surface area contributed by atoms with E-state index in [1.165, 1.54) is 5.56 Å². The highest BCUT2D eigenvalue weighted by atomic mass is 16.5. The van der Waals surface area contributed by atoms with Gasteiger partial charge in [-0.3, -0.25) is 9.59 Å². The van der Waals surface area contributed by atoms with Crippen molar-refractivity contribution in [3.63, 3.8) is 0 Å². The number of methoxy groups -OCH3 is 2. The number of carbonyl (C=O) groups excluding carboxylic acids is 2. The van der Waals surface area contributed by atoms with Gasteiger partial charge in [0, 0.05) is 31.5 Å². The Morgan fingerprint density at radius 1 is 1.04 bits per heavy atom. The van der Waals surface area contributed by atoms with Crippen LogP contribution < -0.4 is 14.8 Å². The molecule has 0 spiro atoms. The molecule has 6 heteroatoms. The molecule has 1 aromatic rings. The molecule has 154 valence electrons. The van der Waals surface area contributed by atoms with Crippen LogP contribution in [0, 0.1) is 11.8 Å². The summed E-state index contributed by atoms with van der Waals surface area (Å²) in [4.78, 5) is 27.2. The van der Waals surface area contributed by atoms with Crippen molar-refractivity contribution in [1.29, 1.82) is 0 Å². The van der Waals surface area contributed by atoms with E-state index in [1.807, 2.05) is 17.0 Å². The predicted molar refractivity (Wildman–Crippen MR) is 107 cm³/mol. The van der Waals surface area contributed by atoms with Crippen LogP contribution in [0.5, 0.6) is 11.5 Å². The molecule has 0 atom stereocenters. The van der Waals surface area contributed by atoms with E-state index in [4.69, 9.17) is 9.47 Å². The van der Waals surface area contributed by atoms with E-state index in [1.54, 1.807) is 14.2 Å². The van der Waals surface area contributed by atoms with Gasteiger partial charge in [-0.15, -0.1) is 0 Å². The fourth-order valence-electron chi connectivity index (χ4n) is 4.32. The Morgan fingerprint density at radius 3 is 2.25 bits per heavy atom. The Hall–Kier alpha value is -2.24. The fraction of sp³-hybridized carbons (Fsp3) is 0.636. The zero-order chi connectivity index (χ0) is 20.1. The lowest BCUT2D eigenvalue weighted by atomic mass is 9.80. The first kappa shape index (κ1) is 20.5. The van der Waals surface area contributed by atoms with Gasteiger partial charge in [0.05, 0.1) is 14.2 Å². The van der Waals surface area contributed by atoms with Gasteiger partial charge in [0.25, 0.3) is 0 Å². The first-order chi connectivity index (χ1) is 13.6. The van der Waals surface area contributed by atoms with Crippen LogP contribution in [0.15, 0.2) is 12.1 Å². The number of nitrogens with zero attached hydrogens (tertiary/aromatic N) is 1. The van der Waals surface area contributed by atoms with Crippen molar-refractivity contribution in [2.75, 3.05) is 27.3 Å². The molecule has 3 rings (SSSR count). The highest BCUT2D eigenvalue weighted by Crippen LogP contribution is 2.35. The highest BCUT2D eigenvalue weighted by molar-refractivity contribution is 5.81. The summed E-state index contributed by atoms with van der Waals surface area (Å²) in [5, 5.41) is 2.98. The predicted octanol–water partition coefficient (Wildman–Crippen LogP) is 2.92. The summed E-state index contributed by atoms with van der Waals surface area (Å²) in [7, 11) is 3.27. The third-order valence-corrected chi connectivity index (χ3v) is 6.03. The molecule has 1 N–H and O–H groups in total. The van der Waals surface area contributed by atoms with Crippen molar-refractivity contribution >= 4 is 11.8 Å². The second-order valence-electron chi connectivity index (χ2n) is 7.83. The Bertz CT molecular complexity index is 711. The summed E-state index contributed by atoms with van der Waals surface area (Å²) in [6.45, 7) is 4.14. The van der Waals surface area contributed by atoms with Gasteiger partial charge in [-0.1, -0.05) is 6.92 Å². The molecule has 1 fully saturated rings. The number of fused-ring (bicyclic) bond motifs is 1. The topological polar surface area (TPSA) is 67.9 Å². The molecule has 2 amide bonds. The number of rotatable bonds is 6. The van der Waals surface area contributed by atoms with Gasteiger partial charge in [0.1, 0.15) is 0 Å². The van der Waals surface area contributed by atoms with Crippen LogP contribution in [0.4, 0.5) is 0 Å². The second-order valence-corrected chi connectivity index (χ2v) is 7.83. The van der Waals surface area contributed by atoms with E-state index < -0.39 is 0 Å². The molecule has 6 nitrogen and oxygen atoms in total. The lowest BCUT2D eigenvalue weighted by molar-refractivity contribution is -0.139. The summed E-state index contributed by atoms with van der Waals surface area (Å²) in [5.74, 6) is 1.93. The van der Waals surface area contributed by atoms with Gasteiger partial charge in [-0.25, -0.2) is 0 Å². The molecular formula is C22H32N2O4. The number of nitrogens with one attached hydrogen (secondary N) is 1. The van der Waals surface area contributed by atoms with Crippen LogP contribution in [0.25, 0.3) is 0 Å². The first-order valence-corrected chi connectivity index (χ1v) is 10.4. The molecule has 2 aliphatic rings. The van der Waals surface area contributed by atoms with Crippen LogP contribution >= 0.6 is 0 Å². The highest BCUT2D eigenvalue weighted by Gasteiger charge is 2.33. The van der Waals surface area contributed by atoms with Crippen LogP contribution in [0.2, 0.25) is 0 Å². The maximum atomic E-state index is 13.1. The van der Waals surface area contributed by atoms with Crippen molar-refractivity contribution in [2.24, 2.45) is 11.8 Å². The second kappa shape index (κ2) is 9.30. The SMILES string of the molecule is CCCNC(=O)C1CCC(C(=O)N2CCc3cc(OC)c(OC)cc3C2)CC1. The zero-order valence-corrected chi connectivity index (χ0v) is 17.3. The van der Waals surface area contributed by atoms with Crippen LogP contribution in [-0.2, 0) is 22.6 Å². The maximum Gasteiger partial charge on any atom is 0.225 e. The number of hydrogen-bond donors (Lipinski definition) is 1. The van der Waals surface area contributed by atoms with Gasteiger partial charge in [-0.05, 0) is 61.8 Å². The maximum absolute atomic E-state index is 13.1. The average molecular weight is 389 g/mol. The van der Waals surface area contributed by atoms with Gasteiger partial charge < -0.3 is 19.7 Å². The summed E-state index contributed by atoms with van der Waals surface area (Å²) < 4.78 is 10.8. The molecule has 0 bridgehead atoms. The third-order valence-electron chi connectivity index (χ3n) is 6.03. The summed E-state index contributed by atoms with van der Waals surface area (Å²) >= 11 is 0. The van der Waals surface area contributed by atoms with E-state index in [9.17, 15) is 9.59 Å². The molecule has 1 aliphatic heterocycles. The minimum absolute atomic E-state index is 0.0388. The van der Waals surface area contributed by atoms with Crippen LogP contribution in [0.1, 0.15) is 50.2 Å². The van der Waals surface area contributed by atoms with Gasteiger partial charge in [0.15, 0.2) is 11.5 Å². The number of amides is 2. The molecule has 1 aliphatic carbocycles. The van der Waals surface area contributed by atoms with E-state index in [-0.39, 0.29) is 23.7 Å². The number of ether oxygens (including phenoxy) is 2. The van der Waals surface area contributed by atoms with Gasteiger partial charge >= 0.3 is 0 Å². The van der Waals surface area contributed by atoms with E-state index in [2.05, 4.69) is 12.2 Å². The molecule has 1 saturated carbocycles. The summed E-state index contributed by atoms with van der Waals surface area (Å²) in [5.41, 5.74) is 2.35. The quantitative estimate of drug-likeness (QED) is 0.814. The van der Waals surface area contributed by atoms with Gasteiger partial charge in [-0.2, -0.15) is 0 Å². The van der Waals surface area contributed by atoms with Gasteiger partial charge in [0.2, 0.25) is 11.8 Å². The van der Waals surface area contributed by atoms with Crippen LogP contribution in [-0.4, -0.2) is 44.0 Å². The minimum atomic E-state index is 0.0388. The molecule has 0 aromatic heterocycles. The van der Waals surface area contributed by atoms with Crippen molar-refractivity contribution in [3.8, 4) is 11.5 Å². The zero-order valence-electron chi connectivity index (χ0n) is 17.3. The van der Waals surface area contributed by atoms with Crippen molar-refractivity contribution in [3.05, 3.63) is 23.3 Å². The Labute approximate surface area is 167 Å². The number of hydrogen-bond acceptors (Lipinski definition) is 4. The Morgan fingerprint density at radius 2 is 1.64 bits per heavy atom. The third kappa shape index (κ3) is 4.42.